The SMILES string of the molecule is CCCCCCCCCCCCCC(CC(=O)O)c1cc(C(C)(C)C)c(O)c(C(C)(C)C)c1. The molecule has 0 aromatic heterocycles. The van der Waals surface area contributed by atoms with E-state index >= 15 is 0 Å². The van der Waals surface area contributed by atoms with E-state index in [0.717, 1.165) is 29.5 Å². The lowest BCUT2D eigenvalue weighted by molar-refractivity contribution is -0.137. The highest BCUT2D eigenvalue weighted by atomic mass is 16.4. The largest absolute Gasteiger partial charge is 0.507 e. The van der Waals surface area contributed by atoms with Crippen molar-refractivity contribution < 1.29 is 15.0 Å². The Morgan fingerprint density at radius 3 is 1.52 bits per heavy atom. The van der Waals surface area contributed by atoms with Crippen molar-refractivity contribution in [2.24, 2.45) is 0 Å². The van der Waals surface area contributed by atoms with Crippen molar-refractivity contribution >= 4 is 5.97 Å². The first-order chi connectivity index (χ1) is 15.4. The molecule has 1 aromatic rings. The maximum atomic E-state index is 11.7. The molecule has 33 heavy (non-hydrogen) atoms. The van der Waals surface area contributed by atoms with Crippen LogP contribution in [0.25, 0.3) is 0 Å². The number of phenolic OH excluding ortho intramolecular Hbond substituents is 1. The third-order valence-corrected chi connectivity index (χ3v) is 6.80. The van der Waals surface area contributed by atoms with Gasteiger partial charge in [0.2, 0.25) is 0 Å². The van der Waals surface area contributed by atoms with Crippen LogP contribution in [0.3, 0.4) is 0 Å². The van der Waals surface area contributed by atoms with Crippen molar-refractivity contribution in [2.75, 3.05) is 0 Å². The predicted molar refractivity (Wildman–Crippen MR) is 142 cm³/mol. The normalized spacial score (nSPS) is 13.3. The molecule has 1 atom stereocenters. The molecule has 0 spiro atoms. The number of carboxylic acids is 1. The Labute approximate surface area is 204 Å². The highest BCUT2D eigenvalue weighted by molar-refractivity contribution is 5.68. The van der Waals surface area contributed by atoms with E-state index in [-0.39, 0.29) is 23.2 Å². The van der Waals surface area contributed by atoms with Crippen LogP contribution in [-0.2, 0) is 15.6 Å². The van der Waals surface area contributed by atoms with Crippen LogP contribution in [0, 0.1) is 0 Å². The lowest BCUT2D eigenvalue weighted by atomic mass is 9.76. The Balaban J connectivity index is 2.76. The van der Waals surface area contributed by atoms with Crippen LogP contribution in [0.15, 0.2) is 12.1 Å². The van der Waals surface area contributed by atoms with E-state index in [0.29, 0.717) is 5.75 Å². The number of hydrogen-bond acceptors (Lipinski definition) is 2. The summed E-state index contributed by atoms with van der Waals surface area (Å²) in [5.41, 5.74) is 2.49. The molecule has 0 aliphatic carbocycles. The maximum absolute atomic E-state index is 11.7. The van der Waals surface area contributed by atoms with Crippen molar-refractivity contribution in [1.82, 2.24) is 0 Å². The lowest BCUT2D eigenvalue weighted by Crippen LogP contribution is -2.19. The summed E-state index contributed by atoms with van der Waals surface area (Å²) in [5, 5.41) is 20.6. The average molecular weight is 461 g/mol. The monoisotopic (exact) mass is 460 g/mol. The molecule has 0 amide bonds. The van der Waals surface area contributed by atoms with E-state index in [9.17, 15) is 15.0 Å². The minimum atomic E-state index is -0.745. The van der Waals surface area contributed by atoms with Crippen molar-refractivity contribution in [3.8, 4) is 5.75 Å². The third-order valence-electron chi connectivity index (χ3n) is 6.80. The van der Waals surface area contributed by atoms with Crippen LogP contribution < -0.4 is 0 Å². The van der Waals surface area contributed by atoms with Crippen molar-refractivity contribution in [3.05, 3.63) is 28.8 Å². The summed E-state index contributed by atoms with van der Waals surface area (Å²) in [7, 11) is 0. The van der Waals surface area contributed by atoms with E-state index in [2.05, 4.69) is 60.6 Å². The minimum absolute atomic E-state index is 0.0103. The van der Waals surface area contributed by atoms with Gasteiger partial charge in [-0.05, 0) is 39.9 Å². The van der Waals surface area contributed by atoms with Crippen LogP contribution in [0.1, 0.15) is 155 Å². The molecule has 0 bridgehead atoms. The molecule has 0 aliphatic heterocycles. The molecule has 0 heterocycles. The molecule has 0 saturated carbocycles. The van der Waals surface area contributed by atoms with Crippen molar-refractivity contribution in [3.63, 3.8) is 0 Å². The van der Waals surface area contributed by atoms with Crippen molar-refractivity contribution in [1.29, 1.82) is 0 Å². The number of aliphatic carboxylic acids is 1. The number of hydrogen-bond donors (Lipinski definition) is 2. The number of benzene rings is 1. The number of unbranched alkanes of at least 4 members (excludes halogenated alkanes) is 10. The predicted octanol–water partition coefficient (Wildman–Crippen LogP) is 9.25. The summed E-state index contributed by atoms with van der Waals surface area (Å²) < 4.78 is 0. The maximum Gasteiger partial charge on any atom is 0.303 e. The van der Waals surface area contributed by atoms with Gasteiger partial charge in [0.05, 0.1) is 6.42 Å². The minimum Gasteiger partial charge on any atom is -0.507 e. The Morgan fingerprint density at radius 2 is 1.15 bits per heavy atom. The number of carbonyl (C=O) groups is 1. The van der Waals surface area contributed by atoms with Crippen LogP contribution >= 0.6 is 0 Å². The second-order valence-electron chi connectivity index (χ2n) is 12.1. The number of carboxylic acid groups (broad SMARTS) is 1. The first-order valence-corrected chi connectivity index (χ1v) is 13.5. The average Bonchev–Trinajstić information content (AvgIpc) is 2.69. The molecule has 3 heteroatoms. The van der Waals surface area contributed by atoms with Crippen LogP contribution in [0.4, 0.5) is 0 Å². The summed E-state index contributed by atoms with van der Waals surface area (Å²) in [4.78, 5) is 11.7. The Kier molecular flexibility index (Phi) is 12.5. The molecular formula is C30H52O3. The molecule has 2 N–H and O–H groups in total. The molecule has 0 fully saturated rings. The molecule has 3 nitrogen and oxygen atoms in total. The van der Waals surface area contributed by atoms with Crippen LogP contribution in [0.2, 0.25) is 0 Å². The molecule has 0 aliphatic rings. The van der Waals surface area contributed by atoms with Gasteiger partial charge in [0.25, 0.3) is 0 Å². The van der Waals surface area contributed by atoms with Gasteiger partial charge in [-0.1, -0.05) is 131 Å². The zero-order valence-corrected chi connectivity index (χ0v) is 22.7. The van der Waals surface area contributed by atoms with Gasteiger partial charge in [-0.3, -0.25) is 4.79 Å². The first-order valence-electron chi connectivity index (χ1n) is 13.5. The third kappa shape index (κ3) is 11.0. The van der Waals surface area contributed by atoms with Crippen LogP contribution in [-0.4, -0.2) is 16.2 Å². The van der Waals surface area contributed by atoms with E-state index < -0.39 is 5.97 Å². The van der Waals surface area contributed by atoms with Gasteiger partial charge in [-0.25, -0.2) is 0 Å². The summed E-state index contributed by atoms with van der Waals surface area (Å²) >= 11 is 0. The standard InChI is InChI=1S/C30H52O3/c1-8-9-10-11-12-13-14-15-16-17-18-19-23(22-27(31)32)24-20-25(29(2,3)4)28(33)26(21-24)30(5,6)7/h20-21,23,33H,8-19,22H2,1-7H3,(H,31,32). The highest BCUT2D eigenvalue weighted by Crippen LogP contribution is 2.42. The highest BCUT2D eigenvalue weighted by Gasteiger charge is 2.28. The summed E-state index contributed by atoms with van der Waals surface area (Å²) in [6, 6.07) is 4.13. The zero-order valence-electron chi connectivity index (χ0n) is 22.7. The fraction of sp³-hybridized carbons (Fsp3) is 0.767. The Morgan fingerprint density at radius 1 is 0.758 bits per heavy atom. The molecule has 190 valence electrons. The second kappa shape index (κ2) is 14.0. The second-order valence-corrected chi connectivity index (χ2v) is 12.1. The van der Waals surface area contributed by atoms with Crippen LogP contribution in [0.5, 0.6) is 5.75 Å². The van der Waals surface area contributed by atoms with Gasteiger partial charge in [-0.15, -0.1) is 0 Å². The fourth-order valence-electron chi connectivity index (χ4n) is 4.69. The topological polar surface area (TPSA) is 57.5 Å². The quantitative estimate of drug-likeness (QED) is 0.256. The lowest BCUT2D eigenvalue weighted by Gasteiger charge is -2.30. The number of phenols is 1. The number of aromatic hydroxyl groups is 1. The van der Waals surface area contributed by atoms with Gasteiger partial charge in [-0.2, -0.15) is 0 Å². The summed E-state index contributed by atoms with van der Waals surface area (Å²) in [5.74, 6) is -0.392. The van der Waals surface area contributed by atoms with Gasteiger partial charge >= 0.3 is 5.97 Å². The van der Waals surface area contributed by atoms with E-state index in [1.54, 1.807) is 0 Å². The van der Waals surface area contributed by atoms with Gasteiger partial charge < -0.3 is 10.2 Å². The summed E-state index contributed by atoms with van der Waals surface area (Å²) in [6.07, 6.45) is 15.3. The molecule has 1 rings (SSSR count). The Hall–Kier alpha value is -1.51. The number of rotatable bonds is 15. The smallest absolute Gasteiger partial charge is 0.303 e. The van der Waals surface area contributed by atoms with Gasteiger partial charge in [0, 0.05) is 0 Å². The molecule has 1 unspecified atom stereocenters. The van der Waals surface area contributed by atoms with E-state index in [4.69, 9.17) is 0 Å². The van der Waals surface area contributed by atoms with E-state index in [1.807, 2.05) is 0 Å². The summed E-state index contributed by atoms with van der Waals surface area (Å²) in [6.45, 7) is 14.9. The van der Waals surface area contributed by atoms with E-state index in [1.165, 1.54) is 64.2 Å². The molecule has 1 aromatic carbocycles. The van der Waals surface area contributed by atoms with Gasteiger partial charge in [0.15, 0.2) is 0 Å². The fourth-order valence-corrected chi connectivity index (χ4v) is 4.69. The first kappa shape index (κ1) is 29.5. The van der Waals surface area contributed by atoms with Gasteiger partial charge in [0.1, 0.15) is 5.75 Å². The molecule has 0 saturated heterocycles. The zero-order chi connectivity index (χ0) is 25.1. The van der Waals surface area contributed by atoms with Crippen molar-refractivity contribution in [2.45, 2.75) is 149 Å². The Bertz CT molecular complexity index is 671. The molecule has 0 radical (unpaired) electrons. The molecular weight excluding hydrogens is 408 g/mol.